The average molecular weight is 222 g/mol. The summed E-state index contributed by atoms with van der Waals surface area (Å²) >= 11 is 4.95. The van der Waals surface area contributed by atoms with Crippen molar-refractivity contribution in [3.8, 4) is 0 Å². The normalized spacial score (nSPS) is 11.3. The smallest absolute Gasteiger partial charge is 0.216 e. The van der Waals surface area contributed by atoms with Crippen LogP contribution in [-0.4, -0.2) is 30.9 Å². The third-order valence-corrected chi connectivity index (χ3v) is 2.19. The Bertz CT molecular complexity index is 545. The molecule has 7 heteroatoms. The summed E-state index contributed by atoms with van der Waals surface area (Å²) in [5.74, 6) is 0. The fourth-order valence-corrected chi connectivity index (χ4v) is 1.34. The van der Waals surface area contributed by atoms with Gasteiger partial charge < -0.3 is 0 Å². The summed E-state index contributed by atoms with van der Waals surface area (Å²) in [6, 6.07) is 0. The summed E-state index contributed by atoms with van der Waals surface area (Å²) < 4.78 is 3.69. The van der Waals surface area contributed by atoms with E-state index < -0.39 is 0 Å². The molecule has 0 amide bonds. The summed E-state index contributed by atoms with van der Waals surface area (Å²) in [7, 11) is 1.87. The Morgan fingerprint density at radius 1 is 1.60 bits per heavy atom. The number of nitrogens with one attached hydrogen (secondary N) is 1. The van der Waals surface area contributed by atoms with Gasteiger partial charge in [0.05, 0.1) is 11.9 Å². The standard InChI is InChI=1S/C8H10N6S/c1-6-7(4-13(2)12-6)3-10-14-5-9-11-8(14)15/h3-5H,1-2H3,(H,11,15). The van der Waals surface area contributed by atoms with Crippen LogP contribution >= 0.6 is 12.2 Å². The van der Waals surface area contributed by atoms with Crippen molar-refractivity contribution in [2.45, 2.75) is 6.92 Å². The van der Waals surface area contributed by atoms with Gasteiger partial charge in [-0.15, -0.1) is 0 Å². The van der Waals surface area contributed by atoms with Crippen molar-refractivity contribution in [3.05, 3.63) is 28.6 Å². The fourth-order valence-electron chi connectivity index (χ4n) is 1.19. The summed E-state index contributed by atoms with van der Waals surface area (Å²) in [6.07, 6.45) is 5.11. The quantitative estimate of drug-likeness (QED) is 0.605. The van der Waals surface area contributed by atoms with Crippen LogP contribution < -0.4 is 0 Å². The average Bonchev–Trinajstić information content (AvgIpc) is 2.70. The van der Waals surface area contributed by atoms with E-state index in [1.54, 1.807) is 10.9 Å². The predicted octanol–water partition coefficient (Wildman–Crippen LogP) is 0.865. The van der Waals surface area contributed by atoms with Gasteiger partial charge in [-0.2, -0.15) is 20.0 Å². The maximum atomic E-state index is 4.95. The van der Waals surface area contributed by atoms with Crippen LogP contribution in [0.25, 0.3) is 0 Å². The van der Waals surface area contributed by atoms with E-state index in [2.05, 4.69) is 20.4 Å². The van der Waals surface area contributed by atoms with E-state index in [0.717, 1.165) is 11.3 Å². The largest absolute Gasteiger partial charge is 0.275 e. The lowest BCUT2D eigenvalue weighted by molar-refractivity contribution is 0.756. The summed E-state index contributed by atoms with van der Waals surface area (Å²) in [5, 5.41) is 14.7. The number of hydrogen-bond donors (Lipinski definition) is 1. The predicted molar refractivity (Wildman–Crippen MR) is 58.3 cm³/mol. The molecule has 0 bridgehead atoms. The molecule has 0 saturated heterocycles. The lowest BCUT2D eigenvalue weighted by Gasteiger charge is -1.88. The van der Waals surface area contributed by atoms with Gasteiger partial charge >= 0.3 is 0 Å². The third kappa shape index (κ3) is 2.01. The molecule has 0 fully saturated rings. The topological polar surface area (TPSA) is 63.8 Å². The molecule has 0 spiro atoms. The lowest BCUT2D eigenvalue weighted by atomic mass is 10.3. The van der Waals surface area contributed by atoms with E-state index in [4.69, 9.17) is 12.2 Å². The minimum absolute atomic E-state index is 0.466. The number of nitrogens with zero attached hydrogens (tertiary/aromatic N) is 5. The van der Waals surface area contributed by atoms with E-state index in [1.165, 1.54) is 11.0 Å². The van der Waals surface area contributed by atoms with Gasteiger partial charge in [-0.25, -0.2) is 0 Å². The lowest BCUT2D eigenvalue weighted by Crippen LogP contribution is -1.89. The van der Waals surface area contributed by atoms with Gasteiger partial charge in [0.2, 0.25) is 4.77 Å². The van der Waals surface area contributed by atoms with Crippen LogP contribution in [0.4, 0.5) is 0 Å². The highest BCUT2D eigenvalue weighted by Crippen LogP contribution is 2.01. The van der Waals surface area contributed by atoms with E-state index in [-0.39, 0.29) is 0 Å². The van der Waals surface area contributed by atoms with E-state index >= 15 is 0 Å². The molecule has 0 aliphatic rings. The van der Waals surface area contributed by atoms with Crippen molar-refractivity contribution >= 4 is 18.4 Å². The molecule has 0 unspecified atom stereocenters. The maximum absolute atomic E-state index is 4.95. The first kappa shape index (κ1) is 9.78. The molecule has 0 aromatic carbocycles. The monoisotopic (exact) mass is 222 g/mol. The zero-order chi connectivity index (χ0) is 10.8. The molecule has 2 aromatic heterocycles. The van der Waals surface area contributed by atoms with E-state index in [9.17, 15) is 0 Å². The van der Waals surface area contributed by atoms with Gasteiger partial charge in [-0.1, -0.05) is 0 Å². The molecule has 1 N–H and O–H groups in total. The molecule has 2 rings (SSSR count). The van der Waals surface area contributed by atoms with Crippen LogP contribution in [0, 0.1) is 11.7 Å². The van der Waals surface area contributed by atoms with Crippen LogP contribution in [0.15, 0.2) is 17.6 Å². The summed E-state index contributed by atoms with van der Waals surface area (Å²) in [4.78, 5) is 0. The molecule has 0 saturated carbocycles. The first-order chi connectivity index (χ1) is 7.16. The highest BCUT2D eigenvalue weighted by atomic mass is 32.1. The van der Waals surface area contributed by atoms with Gasteiger partial charge in [0, 0.05) is 18.8 Å². The Kier molecular flexibility index (Phi) is 2.46. The molecule has 2 aromatic rings. The van der Waals surface area contributed by atoms with Crippen LogP contribution in [0.3, 0.4) is 0 Å². The highest BCUT2D eigenvalue weighted by Gasteiger charge is 1.99. The van der Waals surface area contributed by atoms with Gasteiger partial charge in [-0.05, 0) is 19.1 Å². The second-order valence-corrected chi connectivity index (χ2v) is 3.48. The van der Waals surface area contributed by atoms with Gasteiger partial charge in [-0.3, -0.25) is 9.78 Å². The number of rotatable bonds is 2. The van der Waals surface area contributed by atoms with Gasteiger partial charge in [0.15, 0.2) is 0 Å². The Morgan fingerprint density at radius 2 is 2.40 bits per heavy atom. The number of aromatic amines is 1. The minimum Gasteiger partial charge on any atom is -0.275 e. The number of aromatic nitrogens is 5. The van der Waals surface area contributed by atoms with Crippen molar-refractivity contribution in [1.29, 1.82) is 0 Å². The number of H-pyrrole nitrogens is 1. The third-order valence-electron chi connectivity index (χ3n) is 1.91. The summed E-state index contributed by atoms with van der Waals surface area (Å²) in [6.45, 7) is 1.93. The van der Waals surface area contributed by atoms with Crippen molar-refractivity contribution in [2.24, 2.45) is 12.1 Å². The first-order valence-electron chi connectivity index (χ1n) is 4.33. The van der Waals surface area contributed by atoms with Crippen molar-refractivity contribution in [1.82, 2.24) is 24.7 Å². The van der Waals surface area contributed by atoms with Crippen LogP contribution in [0.2, 0.25) is 0 Å². The number of hydrogen-bond acceptors (Lipinski definition) is 4. The molecule has 6 nitrogen and oxygen atoms in total. The summed E-state index contributed by atoms with van der Waals surface area (Å²) in [5.41, 5.74) is 1.89. The SMILES string of the molecule is Cc1nn(C)cc1C=Nn1cn[nH]c1=S. The fraction of sp³-hybridized carbons (Fsp3) is 0.250. The highest BCUT2D eigenvalue weighted by molar-refractivity contribution is 7.71. The van der Waals surface area contributed by atoms with Gasteiger partial charge in [0.1, 0.15) is 6.33 Å². The Balaban J connectivity index is 2.29. The van der Waals surface area contributed by atoms with Crippen molar-refractivity contribution < 1.29 is 0 Å². The second kappa shape index (κ2) is 3.77. The molecular formula is C8H10N6S. The second-order valence-electron chi connectivity index (χ2n) is 3.09. The van der Waals surface area contributed by atoms with E-state index in [1.807, 2.05) is 20.2 Å². The molecule has 0 aliphatic carbocycles. The molecule has 15 heavy (non-hydrogen) atoms. The van der Waals surface area contributed by atoms with E-state index in [0.29, 0.717) is 4.77 Å². The number of aryl methyl sites for hydroxylation is 2. The minimum atomic E-state index is 0.466. The molecule has 78 valence electrons. The zero-order valence-electron chi connectivity index (χ0n) is 8.38. The molecule has 0 aliphatic heterocycles. The first-order valence-corrected chi connectivity index (χ1v) is 4.74. The van der Waals surface area contributed by atoms with Crippen molar-refractivity contribution in [3.63, 3.8) is 0 Å². The van der Waals surface area contributed by atoms with Crippen molar-refractivity contribution in [2.75, 3.05) is 0 Å². The molecular weight excluding hydrogens is 212 g/mol. The van der Waals surface area contributed by atoms with Crippen LogP contribution in [-0.2, 0) is 7.05 Å². The Labute approximate surface area is 91.2 Å². The van der Waals surface area contributed by atoms with Crippen LogP contribution in [0.1, 0.15) is 11.3 Å². The molecule has 0 radical (unpaired) electrons. The van der Waals surface area contributed by atoms with Crippen LogP contribution in [0.5, 0.6) is 0 Å². The maximum Gasteiger partial charge on any atom is 0.216 e. The zero-order valence-corrected chi connectivity index (χ0v) is 9.19. The molecule has 2 heterocycles. The molecule has 0 atom stereocenters. The Hall–Kier alpha value is -1.76. The van der Waals surface area contributed by atoms with Gasteiger partial charge in [0.25, 0.3) is 0 Å². The Morgan fingerprint density at radius 3 is 2.93 bits per heavy atom.